The van der Waals surface area contributed by atoms with Gasteiger partial charge in [0.1, 0.15) is 5.75 Å². The second-order valence-electron chi connectivity index (χ2n) is 6.96. The van der Waals surface area contributed by atoms with Crippen molar-refractivity contribution in [1.29, 1.82) is 0 Å². The van der Waals surface area contributed by atoms with Crippen molar-refractivity contribution < 1.29 is 19.5 Å². The summed E-state index contributed by atoms with van der Waals surface area (Å²) in [5, 5.41) is 35.1. The highest BCUT2D eigenvalue weighted by molar-refractivity contribution is 6.36. The molecule has 0 bridgehead atoms. The molecule has 0 N–H and O–H groups in total. The number of ether oxygens (including phenoxy) is 1. The summed E-state index contributed by atoms with van der Waals surface area (Å²) >= 11 is 12.3. The van der Waals surface area contributed by atoms with Crippen molar-refractivity contribution in [2.24, 2.45) is 0 Å². The Kier molecular flexibility index (Phi) is 5.48. The van der Waals surface area contributed by atoms with E-state index in [1.165, 1.54) is 49.6 Å². The van der Waals surface area contributed by atoms with Crippen molar-refractivity contribution in [3.8, 4) is 16.9 Å². The Morgan fingerprint density at radius 2 is 1.48 bits per heavy atom. The molecule has 0 aliphatic heterocycles. The number of hydrogen-bond acceptors (Lipinski definition) is 7. The standard InChI is InChI=1S/C21H11Cl2N3O7/c1-33-21-10(4-11(22)6-18(21)23)5-15-16-7-12(24(27)28)2-3-14(16)20-17(15)8-13(25(29)30)9-19(20)26(31)32/h2-9H,1H3/b15-5+. The fraction of sp³-hybridized carbons (Fsp3) is 0.0476. The van der Waals surface area contributed by atoms with Crippen LogP contribution in [0.4, 0.5) is 17.1 Å². The van der Waals surface area contributed by atoms with Gasteiger partial charge < -0.3 is 4.74 Å². The smallest absolute Gasteiger partial charge is 0.284 e. The van der Waals surface area contributed by atoms with Gasteiger partial charge in [0.25, 0.3) is 17.1 Å². The molecule has 1 aliphatic rings. The van der Waals surface area contributed by atoms with Crippen LogP contribution in [0.2, 0.25) is 10.0 Å². The fourth-order valence-corrected chi connectivity index (χ4v) is 4.39. The number of benzene rings is 3. The molecule has 0 atom stereocenters. The van der Waals surface area contributed by atoms with E-state index in [1.807, 2.05) is 0 Å². The van der Waals surface area contributed by atoms with Gasteiger partial charge >= 0.3 is 0 Å². The zero-order valence-electron chi connectivity index (χ0n) is 16.6. The highest BCUT2D eigenvalue weighted by atomic mass is 35.5. The molecule has 1 aliphatic carbocycles. The Morgan fingerprint density at radius 3 is 2.09 bits per heavy atom. The van der Waals surface area contributed by atoms with Crippen LogP contribution in [0.15, 0.2) is 42.5 Å². The van der Waals surface area contributed by atoms with Gasteiger partial charge in [0.05, 0.1) is 38.5 Å². The molecule has 33 heavy (non-hydrogen) atoms. The highest BCUT2D eigenvalue weighted by Crippen LogP contribution is 2.52. The minimum absolute atomic E-state index is 0.119. The van der Waals surface area contributed by atoms with Gasteiger partial charge in [-0.15, -0.1) is 0 Å². The van der Waals surface area contributed by atoms with Crippen LogP contribution in [0.5, 0.6) is 5.75 Å². The van der Waals surface area contributed by atoms with E-state index in [1.54, 1.807) is 0 Å². The second-order valence-corrected chi connectivity index (χ2v) is 7.80. The third kappa shape index (κ3) is 3.75. The summed E-state index contributed by atoms with van der Waals surface area (Å²) in [6.07, 6.45) is 1.53. The molecule has 4 rings (SSSR count). The monoisotopic (exact) mass is 487 g/mol. The SMILES string of the molecule is COc1c(Cl)cc(Cl)cc1/C=C1\c2cc([N+](=O)[O-])ccc2-c2c1cc([N+](=O)[O-])cc2[N+](=O)[O-]. The highest BCUT2D eigenvalue weighted by Gasteiger charge is 2.35. The molecule has 3 aromatic carbocycles. The number of halogens is 2. The number of nitro groups is 3. The van der Waals surface area contributed by atoms with E-state index in [-0.39, 0.29) is 38.2 Å². The molecule has 0 spiro atoms. The Morgan fingerprint density at radius 1 is 0.818 bits per heavy atom. The van der Waals surface area contributed by atoms with E-state index in [9.17, 15) is 30.3 Å². The second kappa shape index (κ2) is 8.15. The topological polar surface area (TPSA) is 139 Å². The summed E-state index contributed by atoms with van der Waals surface area (Å²) in [6.45, 7) is 0. The molecular weight excluding hydrogens is 477 g/mol. The van der Waals surface area contributed by atoms with Crippen LogP contribution in [0.25, 0.3) is 22.8 Å². The van der Waals surface area contributed by atoms with Gasteiger partial charge in [0.15, 0.2) is 0 Å². The summed E-state index contributed by atoms with van der Waals surface area (Å²) < 4.78 is 5.34. The molecule has 0 heterocycles. The number of methoxy groups -OCH3 is 1. The number of fused-ring (bicyclic) bond motifs is 3. The molecule has 0 aromatic heterocycles. The maximum absolute atomic E-state index is 11.8. The van der Waals surface area contributed by atoms with Crippen molar-refractivity contribution in [2.75, 3.05) is 7.11 Å². The van der Waals surface area contributed by atoms with Gasteiger partial charge in [-0.3, -0.25) is 30.3 Å². The van der Waals surface area contributed by atoms with Crippen LogP contribution >= 0.6 is 23.2 Å². The molecule has 12 heteroatoms. The molecule has 0 unspecified atom stereocenters. The van der Waals surface area contributed by atoms with Crippen LogP contribution in [-0.2, 0) is 0 Å². The third-order valence-electron chi connectivity index (χ3n) is 5.11. The Balaban J connectivity index is 2.13. The van der Waals surface area contributed by atoms with Gasteiger partial charge in [-0.2, -0.15) is 0 Å². The molecule has 0 radical (unpaired) electrons. The van der Waals surface area contributed by atoms with Crippen LogP contribution in [-0.4, -0.2) is 21.9 Å². The maximum atomic E-state index is 11.8. The minimum atomic E-state index is -0.743. The summed E-state index contributed by atoms with van der Waals surface area (Å²) in [5.74, 6) is 0.244. The summed E-state index contributed by atoms with van der Waals surface area (Å²) in [4.78, 5) is 32.6. The zero-order chi connectivity index (χ0) is 24.0. The van der Waals surface area contributed by atoms with Crippen molar-refractivity contribution >= 4 is 51.9 Å². The Labute approximate surface area is 195 Å². The van der Waals surface area contributed by atoms with Crippen molar-refractivity contribution in [1.82, 2.24) is 0 Å². The van der Waals surface area contributed by atoms with Crippen LogP contribution < -0.4 is 4.74 Å². The predicted molar refractivity (Wildman–Crippen MR) is 122 cm³/mol. The molecule has 0 saturated carbocycles. The normalized spacial score (nSPS) is 12.9. The number of rotatable bonds is 5. The lowest BCUT2D eigenvalue weighted by molar-refractivity contribution is -0.393. The lowest BCUT2D eigenvalue weighted by atomic mass is 9.99. The van der Waals surface area contributed by atoms with E-state index in [0.717, 1.165) is 6.07 Å². The van der Waals surface area contributed by atoms with Gasteiger partial charge in [-0.1, -0.05) is 23.2 Å². The van der Waals surface area contributed by atoms with Gasteiger partial charge in [0, 0.05) is 34.3 Å². The summed E-state index contributed by atoms with van der Waals surface area (Å²) in [7, 11) is 1.38. The first-order valence-corrected chi connectivity index (χ1v) is 9.89. The van der Waals surface area contributed by atoms with E-state index < -0.39 is 26.1 Å². The van der Waals surface area contributed by atoms with E-state index in [0.29, 0.717) is 16.7 Å². The van der Waals surface area contributed by atoms with Crippen molar-refractivity contribution in [3.63, 3.8) is 0 Å². The lowest BCUT2D eigenvalue weighted by Gasteiger charge is -2.10. The molecule has 166 valence electrons. The molecule has 10 nitrogen and oxygen atoms in total. The van der Waals surface area contributed by atoms with Crippen molar-refractivity contribution in [2.45, 2.75) is 0 Å². The number of nitrogens with zero attached hydrogens (tertiary/aromatic N) is 3. The van der Waals surface area contributed by atoms with E-state index in [2.05, 4.69) is 0 Å². The first kappa shape index (κ1) is 22.2. The van der Waals surface area contributed by atoms with Crippen LogP contribution in [0, 0.1) is 30.3 Å². The predicted octanol–water partition coefficient (Wildman–Crippen LogP) is 6.30. The summed E-state index contributed by atoms with van der Waals surface area (Å²) in [6, 6.07) is 8.90. The van der Waals surface area contributed by atoms with Gasteiger partial charge in [-0.25, -0.2) is 0 Å². The molecule has 0 amide bonds. The zero-order valence-corrected chi connectivity index (χ0v) is 18.1. The fourth-order valence-electron chi connectivity index (χ4n) is 3.80. The Hall–Kier alpha value is -4.02. The lowest BCUT2D eigenvalue weighted by Crippen LogP contribution is -1.96. The van der Waals surface area contributed by atoms with E-state index in [4.69, 9.17) is 27.9 Å². The third-order valence-corrected chi connectivity index (χ3v) is 5.61. The first-order chi connectivity index (χ1) is 15.6. The average Bonchev–Trinajstić information content (AvgIpc) is 3.05. The largest absolute Gasteiger partial charge is 0.495 e. The molecular formula is C21H11Cl2N3O7. The van der Waals surface area contributed by atoms with Gasteiger partial charge in [0.2, 0.25) is 0 Å². The first-order valence-electron chi connectivity index (χ1n) is 9.13. The number of non-ortho nitro benzene ring substituents is 2. The molecule has 0 saturated heterocycles. The summed E-state index contributed by atoms with van der Waals surface area (Å²) in [5.41, 5.74) is 0.339. The average molecular weight is 488 g/mol. The number of nitro benzene ring substituents is 3. The van der Waals surface area contributed by atoms with Crippen LogP contribution in [0.1, 0.15) is 16.7 Å². The molecule has 0 fully saturated rings. The molecule has 3 aromatic rings. The van der Waals surface area contributed by atoms with Gasteiger partial charge in [-0.05, 0) is 41.0 Å². The number of hydrogen-bond donors (Lipinski definition) is 0. The maximum Gasteiger partial charge on any atom is 0.284 e. The van der Waals surface area contributed by atoms with E-state index >= 15 is 0 Å². The Bertz CT molecular complexity index is 1420. The van der Waals surface area contributed by atoms with Crippen molar-refractivity contribution in [3.05, 3.63) is 99.5 Å². The minimum Gasteiger partial charge on any atom is -0.495 e. The van der Waals surface area contributed by atoms with Crippen LogP contribution in [0.3, 0.4) is 0 Å². The quantitative estimate of drug-likeness (QED) is 0.237.